The summed E-state index contributed by atoms with van der Waals surface area (Å²) in [4.78, 5) is 4.73. The molecule has 2 rings (SSSR count). The molecule has 1 aromatic rings. The van der Waals surface area contributed by atoms with Crippen molar-refractivity contribution >= 4 is 5.84 Å². The van der Waals surface area contributed by atoms with E-state index in [1.54, 1.807) is 6.07 Å². The maximum absolute atomic E-state index is 13.5. The second-order valence-corrected chi connectivity index (χ2v) is 7.85. The third kappa shape index (κ3) is 7.36. The first kappa shape index (κ1) is 23.7. The summed E-state index contributed by atoms with van der Waals surface area (Å²) in [5.74, 6) is 2.10. The Balaban J connectivity index is 2.11. The lowest BCUT2D eigenvalue weighted by Gasteiger charge is -2.28. The van der Waals surface area contributed by atoms with Gasteiger partial charge in [0.15, 0.2) is 0 Å². The highest BCUT2D eigenvalue weighted by Crippen LogP contribution is 2.18. The highest BCUT2D eigenvalue weighted by atomic mass is 19.1. The first-order valence-corrected chi connectivity index (χ1v) is 11.1. The molecular weight excluding hydrogens is 375 g/mol. The molecule has 4 nitrogen and oxygen atoms in total. The minimum absolute atomic E-state index is 0.0267. The zero-order valence-corrected chi connectivity index (χ0v) is 19.0. The topological polar surface area (TPSA) is 48.4 Å². The lowest BCUT2D eigenvalue weighted by atomic mass is 9.93. The van der Waals surface area contributed by atoms with Gasteiger partial charge >= 0.3 is 0 Å². The molecule has 0 saturated carbocycles. The Morgan fingerprint density at radius 2 is 2.03 bits per heavy atom. The van der Waals surface area contributed by atoms with E-state index >= 15 is 0 Å². The Labute approximate surface area is 181 Å². The fourth-order valence-corrected chi connectivity index (χ4v) is 3.70. The van der Waals surface area contributed by atoms with Crippen LogP contribution in [0.5, 0.6) is 0 Å². The van der Waals surface area contributed by atoms with E-state index in [1.165, 1.54) is 17.7 Å². The van der Waals surface area contributed by atoms with Crippen LogP contribution in [0, 0.1) is 11.7 Å². The first-order valence-electron chi connectivity index (χ1n) is 11.1. The second kappa shape index (κ2) is 12.2. The molecule has 5 heteroatoms. The average Bonchev–Trinajstić information content (AvgIpc) is 2.72. The number of nitrogens with one attached hydrogen (secondary N) is 3. The molecule has 1 aromatic carbocycles. The summed E-state index contributed by atoms with van der Waals surface area (Å²) < 4.78 is 13.5. The number of halogens is 1. The summed E-state index contributed by atoms with van der Waals surface area (Å²) in [6.07, 6.45) is 11.8. The van der Waals surface area contributed by atoms with Crippen LogP contribution in [0.15, 0.2) is 65.1 Å². The predicted molar refractivity (Wildman–Crippen MR) is 126 cm³/mol. The Kier molecular flexibility index (Phi) is 9.65. The van der Waals surface area contributed by atoms with E-state index in [1.807, 2.05) is 12.3 Å². The SMILES string of the molecule is CC/C=C/C1NC=C(NC(C)/C=C(\C)C(CC)CC)NC1=NCc1cccc(F)c1. The highest BCUT2D eigenvalue weighted by molar-refractivity contribution is 5.91. The van der Waals surface area contributed by atoms with E-state index in [2.05, 4.69) is 68.8 Å². The molecule has 0 spiro atoms. The Hall–Kier alpha value is -2.56. The summed E-state index contributed by atoms with van der Waals surface area (Å²) >= 11 is 0. The fraction of sp³-hybridized carbons (Fsp3) is 0.480. The minimum atomic E-state index is -0.236. The van der Waals surface area contributed by atoms with Crippen LogP contribution < -0.4 is 16.0 Å². The normalized spacial score (nSPS) is 19.6. The van der Waals surface area contributed by atoms with Gasteiger partial charge in [0.2, 0.25) is 0 Å². The van der Waals surface area contributed by atoms with Crippen molar-refractivity contribution in [3.63, 3.8) is 0 Å². The molecule has 0 radical (unpaired) electrons. The van der Waals surface area contributed by atoms with Gasteiger partial charge in [-0.1, -0.05) is 56.7 Å². The van der Waals surface area contributed by atoms with Crippen molar-refractivity contribution in [2.45, 2.75) is 72.5 Å². The molecule has 164 valence electrons. The lowest BCUT2D eigenvalue weighted by molar-refractivity contribution is 0.561. The molecule has 0 amide bonds. The average molecular weight is 413 g/mol. The van der Waals surface area contributed by atoms with Crippen molar-refractivity contribution < 1.29 is 4.39 Å². The fourth-order valence-electron chi connectivity index (χ4n) is 3.70. The van der Waals surface area contributed by atoms with Crippen LogP contribution in [0.25, 0.3) is 0 Å². The van der Waals surface area contributed by atoms with Gasteiger partial charge in [-0.05, 0) is 56.7 Å². The van der Waals surface area contributed by atoms with E-state index in [0.717, 1.165) is 36.5 Å². The van der Waals surface area contributed by atoms with E-state index in [9.17, 15) is 4.39 Å². The molecule has 0 aliphatic carbocycles. The number of amidine groups is 1. The molecule has 2 atom stereocenters. The van der Waals surface area contributed by atoms with Crippen LogP contribution >= 0.6 is 0 Å². The summed E-state index contributed by atoms with van der Waals surface area (Å²) in [7, 11) is 0. The van der Waals surface area contributed by atoms with E-state index in [0.29, 0.717) is 12.5 Å². The van der Waals surface area contributed by atoms with Gasteiger partial charge in [0.1, 0.15) is 23.5 Å². The van der Waals surface area contributed by atoms with Crippen molar-refractivity contribution in [2.24, 2.45) is 10.9 Å². The standard InChI is InChI=1S/C25H37FN4/c1-6-9-13-23-25(28-16-20-11-10-12-22(26)15-20)30-24(17-27-23)29-19(5)14-18(4)21(7-2)8-3/h9-15,17,19,21,23,27,29H,6-8,16H2,1-5H3,(H,28,30)/b13-9+,18-14+. The smallest absolute Gasteiger partial charge is 0.129 e. The molecule has 1 aliphatic rings. The lowest BCUT2D eigenvalue weighted by Crippen LogP contribution is -2.49. The molecule has 0 fully saturated rings. The van der Waals surface area contributed by atoms with E-state index in [-0.39, 0.29) is 17.9 Å². The van der Waals surface area contributed by atoms with Crippen molar-refractivity contribution in [2.75, 3.05) is 0 Å². The monoisotopic (exact) mass is 412 g/mol. The summed E-state index contributed by atoms with van der Waals surface area (Å²) in [5, 5.41) is 10.3. The van der Waals surface area contributed by atoms with Crippen LogP contribution in [-0.4, -0.2) is 17.9 Å². The Morgan fingerprint density at radius 1 is 1.27 bits per heavy atom. The number of allylic oxidation sites excluding steroid dienone is 2. The molecule has 0 bridgehead atoms. The highest BCUT2D eigenvalue weighted by Gasteiger charge is 2.19. The molecule has 30 heavy (non-hydrogen) atoms. The molecule has 1 aliphatic heterocycles. The molecule has 1 heterocycles. The number of benzene rings is 1. The second-order valence-electron chi connectivity index (χ2n) is 7.85. The third-order valence-corrected chi connectivity index (χ3v) is 5.38. The summed E-state index contributed by atoms with van der Waals surface area (Å²) in [6, 6.07) is 6.75. The van der Waals surface area contributed by atoms with Crippen LogP contribution in [0.1, 0.15) is 59.4 Å². The molecule has 0 aromatic heterocycles. The van der Waals surface area contributed by atoms with Gasteiger partial charge in [-0.25, -0.2) is 4.39 Å². The van der Waals surface area contributed by atoms with E-state index < -0.39 is 0 Å². The van der Waals surface area contributed by atoms with Crippen molar-refractivity contribution in [3.05, 3.63) is 71.5 Å². The minimum Gasteiger partial charge on any atom is -0.375 e. The van der Waals surface area contributed by atoms with Gasteiger partial charge < -0.3 is 16.0 Å². The van der Waals surface area contributed by atoms with Crippen molar-refractivity contribution in [1.82, 2.24) is 16.0 Å². The Morgan fingerprint density at radius 3 is 2.70 bits per heavy atom. The number of nitrogens with zero attached hydrogens (tertiary/aromatic N) is 1. The number of hydrogen-bond donors (Lipinski definition) is 3. The van der Waals surface area contributed by atoms with Gasteiger partial charge in [-0.3, -0.25) is 4.99 Å². The summed E-state index contributed by atoms with van der Waals surface area (Å²) in [6.45, 7) is 11.4. The van der Waals surface area contributed by atoms with Crippen LogP contribution in [0.2, 0.25) is 0 Å². The number of hydrogen-bond acceptors (Lipinski definition) is 3. The predicted octanol–water partition coefficient (Wildman–Crippen LogP) is 5.41. The van der Waals surface area contributed by atoms with Crippen molar-refractivity contribution in [1.29, 1.82) is 0 Å². The zero-order valence-electron chi connectivity index (χ0n) is 19.0. The third-order valence-electron chi connectivity index (χ3n) is 5.38. The van der Waals surface area contributed by atoms with Gasteiger partial charge in [-0.15, -0.1) is 0 Å². The van der Waals surface area contributed by atoms with Gasteiger partial charge in [0.25, 0.3) is 0 Å². The molecule has 0 saturated heterocycles. The Bertz CT molecular complexity index is 790. The maximum Gasteiger partial charge on any atom is 0.129 e. The first-order chi connectivity index (χ1) is 14.5. The number of aliphatic imine (C=N–C) groups is 1. The van der Waals surface area contributed by atoms with Gasteiger partial charge in [-0.2, -0.15) is 0 Å². The van der Waals surface area contributed by atoms with Crippen LogP contribution in [0.3, 0.4) is 0 Å². The van der Waals surface area contributed by atoms with Gasteiger partial charge in [0, 0.05) is 12.2 Å². The van der Waals surface area contributed by atoms with E-state index in [4.69, 9.17) is 4.99 Å². The molecule has 3 N–H and O–H groups in total. The van der Waals surface area contributed by atoms with Crippen LogP contribution in [0.4, 0.5) is 4.39 Å². The molecule has 2 unspecified atom stereocenters. The zero-order chi connectivity index (χ0) is 21.9. The van der Waals surface area contributed by atoms with Crippen LogP contribution in [-0.2, 0) is 6.54 Å². The molecular formula is C25H37FN4. The quantitative estimate of drug-likeness (QED) is 0.450. The summed E-state index contributed by atoms with van der Waals surface area (Å²) in [5.41, 5.74) is 2.27. The largest absolute Gasteiger partial charge is 0.375 e. The van der Waals surface area contributed by atoms with Gasteiger partial charge in [0.05, 0.1) is 6.54 Å². The number of rotatable bonds is 10. The maximum atomic E-state index is 13.5. The van der Waals surface area contributed by atoms with Crippen molar-refractivity contribution in [3.8, 4) is 0 Å².